The molecule has 1 rings (SSSR count). The summed E-state index contributed by atoms with van der Waals surface area (Å²) in [4.78, 5) is 23.2. The first-order chi connectivity index (χ1) is 8.73. The molecular weight excluding hydrogens is 268 g/mol. The quantitative estimate of drug-likeness (QED) is 0.874. The third-order valence-corrected chi connectivity index (χ3v) is 3.03. The van der Waals surface area contributed by atoms with Crippen molar-refractivity contribution in [2.75, 3.05) is 0 Å². The molecule has 0 aliphatic rings. The number of halogens is 1. The second kappa shape index (κ2) is 6.10. The van der Waals surface area contributed by atoms with Crippen LogP contribution in [0, 0.1) is 5.92 Å². The number of nitrogens with one attached hydrogen (secondary N) is 1. The van der Waals surface area contributed by atoms with Crippen LogP contribution in [0.3, 0.4) is 0 Å². The second-order valence-corrected chi connectivity index (χ2v) is 5.51. The van der Waals surface area contributed by atoms with E-state index >= 15 is 0 Å². The van der Waals surface area contributed by atoms with Gasteiger partial charge in [0.15, 0.2) is 0 Å². The second-order valence-electron chi connectivity index (χ2n) is 5.08. The first-order valence-corrected chi connectivity index (χ1v) is 6.52. The number of nitrogens with zero attached hydrogens (tertiary/aromatic N) is 1. The van der Waals surface area contributed by atoms with E-state index in [1.54, 1.807) is 24.6 Å². The number of hydrogen-bond acceptors (Lipinski definition) is 2. The fourth-order valence-corrected chi connectivity index (χ4v) is 1.99. The van der Waals surface area contributed by atoms with E-state index in [0.29, 0.717) is 10.7 Å². The van der Waals surface area contributed by atoms with E-state index in [9.17, 15) is 9.59 Å². The Morgan fingerprint density at radius 3 is 2.32 bits per heavy atom. The maximum Gasteiger partial charge on any atom is 0.326 e. The average Bonchev–Trinajstić information content (AvgIpc) is 2.67. The Bertz CT molecular complexity index is 480. The normalized spacial score (nSPS) is 12.8. The summed E-state index contributed by atoms with van der Waals surface area (Å²) in [6, 6.07) is 0.688. The lowest BCUT2D eigenvalue weighted by Crippen LogP contribution is -2.44. The number of carboxylic acids is 1. The Hall–Kier alpha value is -1.49. The zero-order chi connectivity index (χ0) is 14.7. The molecule has 0 aromatic carbocycles. The summed E-state index contributed by atoms with van der Waals surface area (Å²) in [5, 5.41) is 12.1. The van der Waals surface area contributed by atoms with Gasteiger partial charge in [-0.2, -0.15) is 0 Å². The Morgan fingerprint density at radius 2 is 1.89 bits per heavy atom. The number of aromatic nitrogens is 1. The van der Waals surface area contributed by atoms with E-state index in [1.807, 2.05) is 13.8 Å². The zero-order valence-electron chi connectivity index (χ0n) is 11.5. The highest BCUT2D eigenvalue weighted by atomic mass is 35.5. The van der Waals surface area contributed by atoms with Gasteiger partial charge in [-0.25, -0.2) is 4.79 Å². The number of carbonyl (C=O) groups excluding carboxylic acids is 1. The van der Waals surface area contributed by atoms with Crippen molar-refractivity contribution in [3.63, 3.8) is 0 Å². The third-order valence-electron chi connectivity index (χ3n) is 2.82. The van der Waals surface area contributed by atoms with E-state index in [0.717, 1.165) is 0 Å². The number of rotatable bonds is 5. The molecule has 0 aliphatic heterocycles. The monoisotopic (exact) mass is 286 g/mol. The lowest BCUT2D eigenvalue weighted by atomic mass is 10.0. The molecule has 0 radical (unpaired) electrons. The van der Waals surface area contributed by atoms with E-state index in [4.69, 9.17) is 16.7 Å². The molecule has 0 fully saturated rings. The molecule has 1 atom stereocenters. The lowest BCUT2D eigenvalue weighted by molar-refractivity contribution is -0.140. The van der Waals surface area contributed by atoms with Gasteiger partial charge in [-0.1, -0.05) is 25.4 Å². The van der Waals surface area contributed by atoms with Crippen LogP contribution in [0.25, 0.3) is 0 Å². The molecule has 1 aromatic rings. The number of amides is 1. The number of hydrogen-bond donors (Lipinski definition) is 2. The molecule has 0 saturated carbocycles. The molecule has 0 spiro atoms. The Balaban J connectivity index is 2.98. The molecule has 6 heteroatoms. The number of carbonyl (C=O) groups is 2. The summed E-state index contributed by atoms with van der Waals surface area (Å²) < 4.78 is 1.72. The molecule has 1 heterocycles. The van der Waals surface area contributed by atoms with Gasteiger partial charge in [0.2, 0.25) is 0 Å². The lowest BCUT2D eigenvalue weighted by Gasteiger charge is -2.19. The van der Waals surface area contributed by atoms with Crippen LogP contribution in [-0.2, 0) is 4.79 Å². The van der Waals surface area contributed by atoms with Gasteiger partial charge in [-0.05, 0) is 25.8 Å². The van der Waals surface area contributed by atoms with Crippen molar-refractivity contribution < 1.29 is 14.7 Å². The molecule has 0 aliphatic carbocycles. The van der Waals surface area contributed by atoms with Crippen molar-refractivity contribution in [3.05, 3.63) is 23.0 Å². The van der Waals surface area contributed by atoms with Crippen molar-refractivity contribution >= 4 is 23.5 Å². The molecule has 0 unspecified atom stereocenters. The summed E-state index contributed by atoms with van der Waals surface area (Å²) >= 11 is 5.90. The first kappa shape index (κ1) is 15.6. The van der Waals surface area contributed by atoms with Crippen molar-refractivity contribution in [1.29, 1.82) is 0 Å². The molecule has 106 valence electrons. The number of aliphatic carboxylic acids is 1. The average molecular weight is 287 g/mol. The molecule has 1 aromatic heterocycles. The van der Waals surface area contributed by atoms with Crippen LogP contribution in [0.15, 0.2) is 12.3 Å². The van der Waals surface area contributed by atoms with Crippen molar-refractivity contribution in [2.45, 2.75) is 39.8 Å². The van der Waals surface area contributed by atoms with Gasteiger partial charge in [0.25, 0.3) is 5.91 Å². The highest BCUT2D eigenvalue weighted by molar-refractivity contribution is 6.31. The van der Waals surface area contributed by atoms with Crippen molar-refractivity contribution in [3.8, 4) is 0 Å². The molecule has 5 nitrogen and oxygen atoms in total. The minimum absolute atomic E-state index is 0.0654. The van der Waals surface area contributed by atoms with E-state index in [1.165, 1.54) is 6.07 Å². The van der Waals surface area contributed by atoms with Crippen LogP contribution in [0.1, 0.15) is 44.2 Å². The van der Waals surface area contributed by atoms with Gasteiger partial charge in [-0.3, -0.25) is 4.79 Å². The molecule has 0 bridgehead atoms. The molecule has 1 amide bonds. The summed E-state index contributed by atoms with van der Waals surface area (Å²) in [7, 11) is 0. The number of carboxylic acid groups (broad SMARTS) is 1. The summed E-state index contributed by atoms with van der Waals surface area (Å²) in [5.41, 5.74) is 0.368. The smallest absolute Gasteiger partial charge is 0.326 e. The Morgan fingerprint density at radius 1 is 1.32 bits per heavy atom. The fraction of sp³-hybridized carbons (Fsp3) is 0.538. The maximum atomic E-state index is 12.1. The predicted molar refractivity (Wildman–Crippen MR) is 73.6 cm³/mol. The van der Waals surface area contributed by atoms with Crippen molar-refractivity contribution in [2.24, 2.45) is 5.92 Å². The molecular formula is C13H19ClN2O3. The summed E-state index contributed by atoms with van der Waals surface area (Å²) in [6.07, 6.45) is 1.66. The van der Waals surface area contributed by atoms with Crippen LogP contribution in [0.4, 0.5) is 0 Å². The van der Waals surface area contributed by atoms with Gasteiger partial charge in [0.05, 0.1) is 5.02 Å². The first-order valence-electron chi connectivity index (χ1n) is 6.15. The van der Waals surface area contributed by atoms with Gasteiger partial charge in [-0.15, -0.1) is 0 Å². The summed E-state index contributed by atoms with van der Waals surface area (Å²) in [6.45, 7) is 7.33. The van der Waals surface area contributed by atoms with E-state index < -0.39 is 17.9 Å². The van der Waals surface area contributed by atoms with Gasteiger partial charge in [0.1, 0.15) is 11.7 Å². The molecule has 19 heavy (non-hydrogen) atoms. The molecule has 2 N–H and O–H groups in total. The van der Waals surface area contributed by atoms with Crippen LogP contribution in [-0.4, -0.2) is 27.6 Å². The highest BCUT2D eigenvalue weighted by Crippen LogP contribution is 2.19. The predicted octanol–water partition coefficient (Wildman–Crippen LogP) is 2.56. The highest BCUT2D eigenvalue weighted by Gasteiger charge is 2.25. The minimum atomic E-state index is -1.04. The zero-order valence-corrected chi connectivity index (χ0v) is 12.2. The third kappa shape index (κ3) is 3.73. The van der Waals surface area contributed by atoms with Crippen LogP contribution in [0.5, 0.6) is 0 Å². The largest absolute Gasteiger partial charge is 0.480 e. The van der Waals surface area contributed by atoms with Gasteiger partial charge >= 0.3 is 5.97 Å². The molecule has 0 saturated heterocycles. The van der Waals surface area contributed by atoms with Crippen LogP contribution < -0.4 is 5.32 Å². The maximum absolute atomic E-state index is 12.1. The Kier molecular flexibility index (Phi) is 5.00. The van der Waals surface area contributed by atoms with E-state index in [-0.39, 0.29) is 12.0 Å². The standard InChI is InChI=1S/C13H19ClN2O3/c1-7(2)11(13(18)19)15-12(17)10-5-9(14)6-16(10)8(3)4/h5-8,11H,1-4H3,(H,15,17)(H,18,19)/t11-/m0/s1. The van der Waals surface area contributed by atoms with E-state index in [2.05, 4.69) is 5.32 Å². The van der Waals surface area contributed by atoms with Gasteiger partial charge < -0.3 is 15.0 Å². The van der Waals surface area contributed by atoms with Crippen LogP contribution >= 0.6 is 11.6 Å². The van der Waals surface area contributed by atoms with Gasteiger partial charge in [0, 0.05) is 12.2 Å². The summed E-state index contributed by atoms with van der Waals surface area (Å²) in [5.74, 6) is -1.67. The minimum Gasteiger partial charge on any atom is -0.480 e. The van der Waals surface area contributed by atoms with Crippen molar-refractivity contribution in [1.82, 2.24) is 9.88 Å². The fourth-order valence-electron chi connectivity index (χ4n) is 1.78. The SMILES string of the molecule is CC(C)[C@H](NC(=O)c1cc(Cl)cn1C(C)C)C(=O)O. The topological polar surface area (TPSA) is 71.3 Å². The Labute approximate surface area is 117 Å². The van der Waals surface area contributed by atoms with Crippen LogP contribution in [0.2, 0.25) is 5.02 Å².